The largest absolute Gasteiger partial charge is 0.497 e. The normalized spacial score (nSPS) is 11.9. The Morgan fingerprint density at radius 1 is 0.947 bits per heavy atom. The Kier molecular flexibility index (Phi) is 9.12. The first-order valence-electron chi connectivity index (χ1n) is 12.3. The van der Waals surface area contributed by atoms with Crippen LogP contribution < -0.4 is 15.2 Å². The van der Waals surface area contributed by atoms with Crippen molar-refractivity contribution < 1.29 is 29.0 Å². The van der Waals surface area contributed by atoms with Crippen LogP contribution in [0.15, 0.2) is 72.8 Å². The van der Waals surface area contributed by atoms with Crippen LogP contribution in [-0.2, 0) is 16.0 Å². The van der Waals surface area contributed by atoms with Gasteiger partial charge in [0.05, 0.1) is 14.2 Å². The van der Waals surface area contributed by atoms with Gasteiger partial charge >= 0.3 is 5.97 Å². The number of benzene rings is 3. The number of ether oxygens (including phenoxy) is 2. The summed E-state index contributed by atoms with van der Waals surface area (Å²) in [6, 6.07) is 20.7. The predicted molar refractivity (Wildman–Crippen MR) is 145 cm³/mol. The van der Waals surface area contributed by atoms with Gasteiger partial charge in [-0.1, -0.05) is 42.5 Å². The van der Waals surface area contributed by atoms with Gasteiger partial charge < -0.3 is 25.2 Å². The number of nitrogens with two attached hydrogens (primary N) is 1. The number of hydrogen-bond donors (Lipinski definition) is 2. The van der Waals surface area contributed by atoms with Gasteiger partial charge in [-0.3, -0.25) is 9.59 Å². The number of primary amides is 1. The third kappa shape index (κ3) is 6.70. The van der Waals surface area contributed by atoms with Crippen molar-refractivity contribution in [2.24, 2.45) is 5.73 Å². The Morgan fingerprint density at radius 2 is 1.61 bits per heavy atom. The van der Waals surface area contributed by atoms with Crippen LogP contribution in [-0.4, -0.2) is 53.6 Å². The fourth-order valence-corrected chi connectivity index (χ4v) is 4.63. The summed E-state index contributed by atoms with van der Waals surface area (Å²) in [5, 5.41) is 10.1. The lowest BCUT2D eigenvalue weighted by Gasteiger charge is -2.42. The molecule has 0 aliphatic rings. The van der Waals surface area contributed by atoms with Gasteiger partial charge in [-0.05, 0) is 62.1 Å². The van der Waals surface area contributed by atoms with Crippen molar-refractivity contribution in [3.63, 3.8) is 0 Å². The summed E-state index contributed by atoms with van der Waals surface area (Å²) < 4.78 is 10.8. The Balaban J connectivity index is 2.00. The monoisotopic (exact) mass is 518 g/mol. The fourth-order valence-electron chi connectivity index (χ4n) is 4.63. The van der Waals surface area contributed by atoms with Gasteiger partial charge in [0.25, 0.3) is 5.91 Å². The number of aliphatic carboxylic acids is 1. The number of carboxylic acid groups (broad SMARTS) is 1. The van der Waals surface area contributed by atoms with Gasteiger partial charge in [0.15, 0.2) is 0 Å². The van der Waals surface area contributed by atoms with Crippen molar-refractivity contribution in [1.82, 2.24) is 4.90 Å². The lowest BCUT2D eigenvalue weighted by atomic mass is 9.89. The standard InChI is InChI=1S/C30H34N2O6/c1-30(2,19-20-8-6-5-7-9-20)32(25(29(35)36)16-17-27(31)33)28(34)22-12-10-21(11-13-22)24-15-14-23(37-3)18-26(24)38-4/h5-15,18,25H,16-17,19H2,1-4H3,(H2,31,33)(H,35,36)/t25-/m0/s1. The molecule has 200 valence electrons. The first-order valence-corrected chi connectivity index (χ1v) is 12.3. The minimum Gasteiger partial charge on any atom is -0.497 e. The van der Waals surface area contributed by atoms with Crippen LogP contribution in [0, 0.1) is 0 Å². The van der Waals surface area contributed by atoms with E-state index < -0.39 is 29.4 Å². The predicted octanol–water partition coefficient (Wildman–Crippen LogP) is 4.55. The molecule has 0 saturated heterocycles. The number of carbonyl (C=O) groups is 3. The summed E-state index contributed by atoms with van der Waals surface area (Å²) in [5.41, 5.74) is 7.35. The van der Waals surface area contributed by atoms with Crippen molar-refractivity contribution in [1.29, 1.82) is 0 Å². The van der Waals surface area contributed by atoms with Crippen LogP contribution in [0.1, 0.15) is 42.6 Å². The third-order valence-electron chi connectivity index (χ3n) is 6.46. The maximum absolute atomic E-state index is 13.9. The second-order valence-corrected chi connectivity index (χ2v) is 9.65. The van der Waals surface area contributed by atoms with E-state index in [-0.39, 0.29) is 12.8 Å². The Hall–Kier alpha value is -4.33. The van der Waals surface area contributed by atoms with Crippen LogP contribution in [0.25, 0.3) is 11.1 Å². The lowest BCUT2D eigenvalue weighted by molar-refractivity contribution is -0.144. The molecule has 0 unspecified atom stereocenters. The van der Waals surface area contributed by atoms with E-state index in [0.717, 1.165) is 16.7 Å². The zero-order valence-corrected chi connectivity index (χ0v) is 22.1. The molecule has 3 aromatic carbocycles. The molecular formula is C30H34N2O6. The first-order chi connectivity index (χ1) is 18.1. The number of rotatable bonds is 12. The van der Waals surface area contributed by atoms with Crippen molar-refractivity contribution in [2.75, 3.05) is 14.2 Å². The first kappa shape index (κ1) is 28.2. The van der Waals surface area contributed by atoms with Gasteiger partial charge in [-0.2, -0.15) is 0 Å². The van der Waals surface area contributed by atoms with E-state index in [1.54, 1.807) is 44.6 Å². The quantitative estimate of drug-likeness (QED) is 0.363. The minimum atomic E-state index is -1.24. The molecule has 38 heavy (non-hydrogen) atoms. The molecule has 3 aromatic rings. The molecule has 0 saturated carbocycles. The van der Waals surface area contributed by atoms with Crippen LogP contribution in [0.3, 0.4) is 0 Å². The molecule has 3 rings (SSSR count). The molecule has 0 fully saturated rings. The average Bonchev–Trinajstić information content (AvgIpc) is 2.90. The fraction of sp³-hybridized carbons (Fsp3) is 0.300. The molecule has 0 bridgehead atoms. The molecule has 0 aliphatic carbocycles. The zero-order valence-electron chi connectivity index (χ0n) is 22.1. The summed E-state index contributed by atoms with van der Waals surface area (Å²) in [4.78, 5) is 39.2. The summed E-state index contributed by atoms with van der Waals surface area (Å²) in [6.45, 7) is 3.66. The lowest BCUT2D eigenvalue weighted by Crippen LogP contribution is -2.57. The SMILES string of the molecule is COc1ccc(-c2ccc(C(=O)N([C@@H](CCC(N)=O)C(=O)O)C(C)(C)Cc3ccccc3)cc2)c(OC)c1. The Labute approximate surface area is 223 Å². The average molecular weight is 519 g/mol. The van der Waals surface area contributed by atoms with E-state index in [1.165, 1.54) is 4.90 Å². The van der Waals surface area contributed by atoms with E-state index in [0.29, 0.717) is 23.5 Å². The highest BCUT2D eigenvalue weighted by Gasteiger charge is 2.40. The van der Waals surface area contributed by atoms with E-state index in [2.05, 4.69) is 0 Å². The van der Waals surface area contributed by atoms with E-state index in [1.807, 2.05) is 56.3 Å². The maximum atomic E-state index is 13.9. The molecule has 1 atom stereocenters. The van der Waals surface area contributed by atoms with E-state index >= 15 is 0 Å². The molecular weight excluding hydrogens is 484 g/mol. The molecule has 8 nitrogen and oxygen atoms in total. The number of amides is 2. The second kappa shape index (κ2) is 12.3. The van der Waals surface area contributed by atoms with Gasteiger partial charge in [-0.25, -0.2) is 4.79 Å². The van der Waals surface area contributed by atoms with Crippen LogP contribution in [0.4, 0.5) is 0 Å². The minimum absolute atomic E-state index is 0.0875. The molecule has 3 N–H and O–H groups in total. The van der Waals surface area contributed by atoms with Crippen molar-refractivity contribution in [3.05, 3.63) is 83.9 Å². The number of hydrogen-bond acceptors (Lipinski definition) is 5. The molecule has 0 spiro atoms. The van der Waals surface area contributed by atoms with Crippen LogP contribution >= 0.6 is 0 Å². The molecule has 0 radical (unpaired) electrons. The third-order valence-corrected chi connectivity index (χ3v) is 6.46. The second-order valence-electron chi connectivity index (χ2n) is 9.65. The van der Waals surface area contributed by atoms with Gasteiger partial charge in [0.2, 0.25) is 5.91 Å². The molecule has 2 amide bonds. The number of methoxy groups -OCH3 is 2. The molecule has 0 aromatic heterocycles. The van der Waals surface area contributed by atoms with Crippen molar-refractivity contribution in [2.45, 2.75) is 44.7 Å². The molecule has 0 aliphatic heterocycles. The number of carbonyl (C=O) groups excluding carboxylic acids is 2. The maximum Gasteiger partial charge on any atom is 0.326 e. The number of carboxylic acids is 1. The Bertz CT molecular complexity index is 1270. The van der Waals surface area contributed by atoms with Gasteiger partial charge in [0, 0.05) is 29.2 Å². The summed E-state index contributed by atoms with van der Waals surface area (Å²) in [6.07, 6.45) is 0.176. The van der Waals surface area contributed by atoms with Gasteiger partial charge in [0.1, 0.15) is 17.5 Å². The number of nitrogens with zero attached hydrogens (tertiary/aromatic N) is 1. The van der Waals surface area contributed by atoms with Gasteiger partial charge in [-0.15, -0.1) is 0 Å². The summed E-state index contributed by atoms with van der Waals surface area (Å²) >= 11 is 0. The summed E-state index contributed by atoms with van der Waals surface area (Å²) in [7, 11) is 3.15. The van der Waals surface area contributed by atoms with Crippen LogP contribution in [0.5, 0.6) is 11.5 Å². The zero-order chi connectivity index (χ0) is 27.9. The van der Waals surface area contributed by atoms with E-state index in [9.17, 15) is 19.5 Å². The topological polar surface area (TPSA) is 119 Å². The van der Waals surface area contributed by atoms with E-state index in [4.69, 9.17) is 15.2 Å². The molecule has 0 heterocycles. The van der Waals surface area contributed by atoms with Crippen LogP contribution in [0.2, 0.25) is 0 Å². The smallest absolute Gasteiger partial charge is 0.326 e. The highest BCUT2D eigenvalue weighted by atomic mass is 16.5. The van der Waals surface area contributed by atoms with Crippen molar-refractivity contribution >= 4 is 17.8 Å². The summed E-state index contributed by atoms with van der Waals surface area (Å²) in [5.74, 6) is -0.991. The highest BCUT2D eigenvalue weighted by molar-refractivity contribution is 5.98. The highest BCUT2D eigenvalue weighted by Crippen LogP contribution is 2.34. The molecule has 8 heteroatoms. The Morgan fingerprint density at radius 3 is 2.16 bits per heavy atom. The van der Waals surface area contributed by atoms with Crippen molar-refractivity contribution in [3.8, 4) is 22.6 Å².